The minimum absolute atomic E-state index is 0.139. The van der Waals surface area contributed by atoms with E-state index in [1.807, 2.05) is 24.4 Å². The van der Waals surface area contributed by atoms with E-state index < -0.39 is 18.2 Å². The molecule has 3 rings (SSSR count). The van der Waals surface area contributed by atoms with Gasteiger partial charge in [-0.2, -0.15) is 18.4 Å². The number of carbonyl (C=O) groups is 3. The van der Waals surface area contributed by atoms with Gasteiger partial charge in [0.25, 0.3) is 0 Å². The van der Waals surface area contributed by atoms with Crippen LogP contribution in [0.5, 0.6) is 0 Å². The van der Waals surface area contributed by atoms with Crippen molar-refractivity contribution < 1.29 is 32.7 Å². The topological polar surface area (TPSA) is 152 Å². The van der Waals surface area contributed by atoms with Crippen molar-refractivity contribution in [3.05, 3.63) is 30.0 Å². The highest BCUT2D eigenvalue weighted by Gasteiger charge is 2.38. The van der Waals surface area contributed by atoms with Crippen molar-refractivity contribution >= 4 is 34.4 Å². The molecule has 2 heterocycles. The van der Waals surface area contributed by atoms with E-state index in [4.69, 9.17) is 20.9 Å². The number of nitrogens with zero attached hydrogens (tertiary/aromatic N) is 2. The van der Waals surface area contributed by atoms with E-state index in [2.05, 4.69) is 16.4 Å². The van der Waals surface area contributed by atoms with E-state index in [-0.39, 0.29) is 17.9 Å². The van der Waals surface area contributed by atoms with Crippen LogP contribution in [0, 0.1) is 11.3 Å². The summed E-state index contributed by atoms with van der Waals surface area (Å²) in [5.74, 6) is -3.08. The number of amides is 2. The van der Waals surface area contributed by atoms with Crippen LogP contribution in [0.25, 0.3) is 10.9 Å². The van der Waals surface area contributed by atoms with Gasteiger partial charge in [-0.05, 0) is 43.0 Å². The Labute approximate surface area is 181 Å². The number of anilines is 1. The highest BCUT2D eigenvalue weighted by atomic mass is 19.4. The Hall–Kier alpha value is -3.59. The number of nitrogens with one attached hydrogen (secondary N) is 2. The number of nitriles is 1. The number of likely N-dealkylation sites (tertiary alicyclic amines) is 1. The molecule has 0 saturated carbocycles. The van der Waals surface area contributed by atoms with Crippen LogP contribution in [0.4, 0.5) is 18.9 Å². The van der Waals surface area contributed by atoms with E-state index in [0.29, 0.717) is 25.1 Å². The molecule has 0 bridgehead atoms. The lowest BCUT2D eigenvalue weighted by Gasteiger charge is -2.23. The van der Waals surface area contributed by atoms with Gasteiger partial charge >= 0.3 is 12.1 Å². The highest BCUT2D eigenvalue weighted by Crippen LogP contribution is 2.24. The van der Waals surface area contributed by atoms with Gasteiger partial charge in [0.1, 0.15) is 6.04 Å². The minimum Gasteiger partial charge on any atom is -0.475 e. The van der Waals surface area contributed by atoms with Crippen LogP contribution in [-0.2, 0) is 20.8 Å². The second kappa shape index (κ2) is 10.1. The van der Waals surface area contributed by atoms with Crippen LogP contribution in [0.1, 0.15) is 25.3 Å². The Morgan fingerprint density at radius 1 is 1.41 bits per heavy atom. The van der Waals surface area contributed by atoms with Crippen molar-refractivity contribution in [1.82, 2.24) is 9.88 Å². The van der Waals surface area contributed by atoms with Crippen molar-refractivity contribution in [1.29, 1.82) is 5.26 Å². The fourth-order valence-electron chi connectivity index (χ4n) is 3.33. The molecule has 1 aliphatic rings. The van der Waals surface area contributed by atoms with Crippen molar-refractivity contribution in [3.8, 4) is 6.07 Å². The molecule has 5 N–H and O–H groups in total. The highest BCUT2D eigenvalue weighted by molar-refractivity contribution is 5.94. The van der Waals surface area contributed by atoms with E-state index in [0.717, 1.165) is 22.9 Å². The number of aromatic amines is 1. The molecule has 0 aliphatic carbocycles. The number of hydrogen-bond donors (Lipinski definition) is 4. The monoisotopic (exact) mass is 453 g/mol. The SMILES string of the molecule is CC(=O)Nc1ccc2[nH]cc(C[C@@H](N)C(=O)N3CCC[C@H]3C#N)c2c1.O=C(O)C(F)(F)F. The van der Waals surface area contributed by atoms with Crippen LogP contribution in [0.3, 0.4) is 0 Å². The number of alkyl halides is 3. The van der Waals surface area contributed by atoms with Crippen molar-refractivity contribution in [2.24, 2.45) is 5.73 Å². The van der Waals surface area contributed by atoms with E-state index in [1.165, 1.54) is 6.92 Å². The maximum Gasteiger partial charge on any atom is 0.490 e. The second-order valence-electron chi connectivity index (χ2n) is 7.19. The molecule has 1 saturated heterocycles. The fourth-order valence-corrected chi connectivity index (χ4v) is 3.33. The molecule has 2 amide bonds. The van der Waals surface area contributed by atoms with Gasteiger partial charge in [-0.25, -0.2) is 4.79 Å². The zero-order valence-corrected chi connectivity index (χ0v) is 17.1. The first kappa shape index (κ1) is 24.7. The maximum atomic E-state index is 12.6. The number of carboxylic acid groups (broad SMARTS) is 1. The van der Waals surface area contributed by atoms with Gasteiger partial charge in [0, 0.05) is 36.3 Å². The van der Waals surface area contributed by atoms with Gasteiger partial charge in [0.2, 0.25) is 11.8 Å². The van der Waals surface area contributed by atoms with Crippen molar-refractivity contribution in [2.75, 3.05) is 11.9 Å². The summed E-state index contributed by atoms with van der Waals surface area (Å²) in [6.45, 7) is 2.05. The molecule has 9 nitrogen and oxygen atoms in total. The Morgan fingerprint density at radius 3 is 2.62 bits per heavy atom. The first-order valence-corrected chi connectivity index (χ1v) is 9.57. The lowest BCUT2D eigenvalue weighted by Crippen LogP contribution is -2.46. The summed E-state index contributed by atoms with van der Waals surface area (Å²) >= 11 is 0. The zero-order chi connectivity index (χ0) is 24.1. The number of carbonyl (C=O) groups excluding carboxylic acids is 2. The average Bonchev–Trinajstić information content (AvgIpc) is 3.33. The normalized spacial score (nSPS) is 16.6. The largest absolute Gasteiger partial charge is 0.490 e. The Kier molecular flexibility index (Phi) is 7.82. The number of benzene rings is 1. The molecule has 2 aromatic rings. The number of halogens is 3. The third-order valence-corrected chi connectivity index (χ3v) is 4.77. The van der Waals surface area contributed by atoms with Gasteiger partial charge in [0.15, 0.2) is 0 Å². The van der Waals surface area contributed by atoms with Gasteiger partial charge in [-0.3, -0.25) is 9.59 Å². The summed E-state index contributed by atoms with van der Waals surface area (Å²) in [6, 6.07) is 6.67. The average molecular weight is 453 g/mol. The number of aromatic nitrogens is 1. The molecule has 0 unspecified atom stereocenters. The summed E-state index contributed by atoms with van der Waals surface area (Å²) in [6.07, 6.45) is -1.33. The van der Waals surface area contributed by atoms with Crippen LogP contribution >= 0.6 is 0 Å². The van der Waals surface area contributed by atoms with Gasteiger partial charge in [-0.15, -0.1) is 0 Å². The van der Waals surface area contributed by atoms with E-state index >= 15 is 0 Å². The Balaban J connectivity index is 0.000000451. The van der Waals surface area contributed by atoms with Crippen molar-refractivity contribution in [2.45, 2.75) is 44.4 Å². The van der Waals surface area contributed by atoms with Crippen LogP contribution in [0.2, 0.25) is 0 Å². The van der Waals surface area contributed by atoms with Crippen molar-refractivity contribution in [3.63, 3.8) is 0 Å². The molecule has 172 valence electrons. The van der Waals surface area contributed by atoms with Crippen LogP contribution in [-0.4, -0.2) is 57.6 Å². The number of rotatable bonds is 4. The molecule has 0 radical (unpaired) electrons. The maximum absolute atomic E-state index is 12.6. The second-order valence-corrected chi connectivity index (χ2v) is 7.19. The number of fused-ring (bicyclic) bond motifs is 1. The van der Waals surface area contributed by atoms with Gasteiger partial charge in [0.05, 0.1) is 12.1 Å². The number of carboxylic acids is 1. The minimum atomic E-state index is -5.08. The molecule has 1 aliphatic heterocycles. The van der Waals surface area contributed by atoms with E-state index in [9.17, 15) is 22.8 Å². The predicted octanol–water partition coefficient (Wildman–Crippen LogP) is 2.14. The summed E-state index contributed by atoms with van der Waals surface area (Å²) in [5, 5.41) is 19.9. The van der Waals surface area contributed by atoms with Crippen LogP contribution in [0.15, 0.2) is 24.4 Å². The predicted molar refractivity (Wildman–Crippen MR) is 108 cm³/mol. The molecular formula is C20H22F3N5O4. The Morgan fingerprint density at radius 2 is 2.06 bits per heavy atom. The molecule has 32 heavy (non-hydrogen) atoms. The quantitative estimate of drug-likeness (QED) is 0.557. The molecule has 2 atom stereocenters. The first-order valence-electron chi connectivity index (χ1n) is 9.57. The zero-order valence-electron chi connectivity index (χ0n) is 17.1. The molecule has 1 fully saturated rings. The van der Waals surface area contributed by atoms with Gasteiger partial charge in [-0.1, -0.05) is 0 Å². The molecular weight excluding hydrogens is 431 g/mol. The summed E-state index contributed by atoms with van der Waals surface area (Å²) in [5.41, 5.74) is 8.66. The number of H-pyrrole nitrogens is 1. The fraction of sp³-hybridized carbons (Fsp3) is 0.400. The molecule has 1 aromatic carbocycles. The smallest absolute Gasteiger partial charge is 0.475 e. The third-order valence-electron chi connectivity index (χ3n) is 4.77. The lowest BCUT2D eigenvalue weighted by atomic mass is 10.0. The summed E-state index contributed by atoms with van der Waals surface area (Å²) in [4.78, 5) is 37.4. The number of hydrogen-bond acceptors (Lipinski definition) is 5. The molecule has 0 spiro atoms. The lowest BCUT2D eigenvalue weighted by molar-refractivity contribution is -0.192. The van der Waals surface area contributed by atoms with E-state index in [1.54, 1.807) is 4.90 Å². The van der Waals surface area contributed by atoms with Crippen LogP contribution < -0.4 is 11.1 Å². The van der Waals surface area contributed by atoms with Gasteiger partial charge < -0.3 is 26.0 Å². The molecule has 1 aromatic heterocycles. The summed E-state index contributed by atoms with van der Waals surface area (Å²) < 4.78 is 31.7. The summed E-state index contributed by atoms with van der Waals surface area (Å²) in [7, 11) is 0. The Bertz CT molecular complexity index is 1040. The first-order chi connectivity index (χ1) is 14.9. The standard InChI is InChI=1S/C18H21N5O2.C2HF3O2/c1-11(24)22-13-4-5-17-15(8-13)12(10-21-17)7-16(20)18(25)23-6-2-3-14(23)9-19;3-2(4,5)1(6)7/h4-5,8,10,14,16,21H,2-3,6-7,20H2,1H3,(H,22,24);(H,6,7)/t14-,16+;/m0./s1. The molecule has 12 heteroatoms. The number of aliphatic carboxylic acids is 1. The number of nitrogens with two attached hydrogens (primary N) is 1. The third kappa shape index (κ3) is 6.21.